The second-order valence-electron chi connectivity index (χ2n) is 10.9. The molecule has 0 saturated heterocycles. The molecule has 0 bridgehead atoms. The zero-order valence-corrected chi connectivity index (χ0v) is 23.5. The van der Waals surface area contributed by atoms with Gasteiger partial charge in [-0.2, -0.15) is 0 Å². The fraction of sp³-hybridized carbons (Fsp3) is 0.394. The summed E-state index contributed by atoms with van der Waals surface area (Å²) in [5.74, 6) is 0.271. The number of carbonyl (C=O) groups is 2. The van der Waals surface area contributed by atoms with E-state index in [4.69, 9.17) is 4.74 Å². The highest BCUT2D eigenvalue weighted by Gasteiger charge is 2.31. The Morgan fingerprint density at radius 1 is 0.921 bits per heavy atom. The second kappa shape index (κ2) is 13.8. The van der Waals surface area contributed by atoms with Gasteiger partial charge in [-0.1, -0.05) is 101 Å². The quantitative estimate of drug-likeness (QED) is 0.292. The van der Waals surface area contributed by atoms with Crippen LogP contribution in [0, 0.1) is 6.92 Å². The third-order valence-corrected chi connectivity index (χ3v) is 6.79. The Kier molecular flexibility index (Phi) is 10.5. The molecule has 1 N–H and O–H groups in total. The first-order valence-electron chi connectivity index (χ1n) is 13.6. The number of nitrogens with zero attached hydrogens (tertiary/aromatic N) is 1. The van der Waals surface area contributed by atoms with Crippen molar-refractivity contribution in [3.63, 3.8) is 0 Å². The van der Waals surface area contributed by atoms with Crippen molar-refractivity contribution < 1.29 is 14.3 Å². The Labute approximate surface area is 228 Å². The van der Waals surface area contributed by atoms with Gasteiger partial charge in [-0.05, 0) is 53.1 Å². The van der Waals surface area contributed by atoms with Crippen molar-refractivity contribution >= 4 is 11.8 Å². The van der Waals surface area contributed by atoms with Crippen LogP contribution in [0.1, 0.15) is 62.8 Å². The van der Waals surface area contributed by atoms with Crippen LogP contribution < -0.4 is 10.1 Å². The lowest BCUT2D eigenvalue weighted by molar-refractivity contribution is -0.142. The smallest absolute Gasteiger partial charge is 0.261 e. The summed E-state index contributed by atoms with van der Waals surface area (Å²) in [7, 11) is 0. The Morgan fingerprint density at radius 2 is 1.58 bits per heavy atom. The third kappa shape index (κ3) is 8.47. The van der Waals surface area contributed by atoms with E-state index in [2.05, 4.69) is 33.0 Å². The van der Waals surface area contributed by atoms with Crippen LogP contribution in [0.3, 0.4) is 0 Å². The van der Waals surface area contributed by atoms with Gasteiger partial charge in [0, 0.05) is 19.5 Å². The summed E-state index contributed by atoms with van der Waals surface area (Å²) in [5, 5.41) is 3.06. The van der Waals surface area contributed by atoms with E-state index in [0.717, 1.165) is 29.5 Å². The molecule has 5 nitrogen and oxygen atoms in total. The number of amides is 2. The zero-order chi connectivity index (χ0) is 27.5. The van der Waals surface area contributed by atoms with E-state index in [9.17, 15) is 9.59 Å². The van der Waals surface area contributed by atoms with Crippen molar-refractivity contribution in [2.45, 2.75) is 71.9 Å². The summed E-state index contributed by atoms with van der Waals surface area (Å²) in [6.45, 7) is 11.4. The van der Waals surface area contributed by atoms with Crippen LogP contribution in [0.15, 0.2) is 78.9 Å². The molecule has 0 spiro atoms. The molecule has 0 aliphatic carbocycles. The number of unbranched alkanes of at least 4 members (excludes halogenated alkanes) is 1. The maximum Gasteiger partial charge on any atom is 0.261 e. The highest BCUT2D eigenvalue weighted by atomic mass is 16.5. The van der Waals surface area contributed by atoms with Gasteiger partial charge in [0.2, 0.25) is 5.91 Å². The fourth-order valence-corrected chi connectivity index (χ4v) is 4.31. The molecule has 0 aliphatic rings. The minimum Gasteiger partial charge on any atom is -0.484 e. The standard InChI is InChI=1S/C33H42N2O3/c1-6-7-21-34-32(37)30(22-26-14-9-8-10-15-26)35(23-27-16-12-11-13-25(27)2)31(36)24-38-29-19-17-28(18-20-29)33(3,4)5/h8-20,30H,6-7,21-24H2,1-5H3,(H,34,37)/t30-/m0/s1. The van der Waals surface area contributed by atoms with Gasteiger partial charge in [-0.3, -0.25) is 9.59 Å². The molecule has 3 aromatic carbocycles. The number of hydrogen-bond acceptors (Lipinski definition) is 3. The molecule has 202 valence electrons. The number of hydrogen-bond donors (Lipinski definition) is 1. The molecule has 5 heteroatoms. The first-order chi connectivity index (χ1) is 18.2. The van der Waals surface area contributed by atoms with Crippen molar-refractivity contribution in [1.29, 1.82) is 0 Å². The molecule has 3 aromatic rings. The number of rotatable bonds is 12. The van der Waals surface area contributed by atoms with Crippen LogP contribution in [0.5, 0.6) is 5.75 Å². The molecular formula is C33H42N2O3. The number of ether oxygens (including phenoxy) is 1. The summed E-state index contributed by atoms with van der Waals surface area (Å²) in [6, 6.07) is 25.0. The second-order valence-corrected chi connectivity index (χ2v) is 10.9. The van der Waals surface area contributed by atoms with Gasteiger partial charge in [0.25, 0.3) is 5.91 Å². The van der Waals surface area contributed by atoms with Crippen LogP contribution in [-0.4, -0.2) is 35.9 Å². The predicted octanol–water partition coefficient (Wildman–Crippen LogP) is 6.23. The highest BCUT2D eigenvalue weighted by molar-refractivity contribution is 5.88. The number of carbonyl (C=O) groups excluding carboxylic acids is 2. The molecule has 0 aromatic heterocycles. The monoisotopic (exact) mass is 514 g/mol. The first kappa shape index (κ1) is 29.0. The van der Waals surface area contributed by atoms with Crippen molar-refractivity contribution in [2.24, 2.45) is 0 Å². The molecule has 2 amide bonds. The van der Waals surface area contributed by atoms with Crippen LogP contribution in [-0.2, 0) is 28.0 Å². The topological polar surface area (TPSA) is 58.6 Å². The fourth-order valence-electron chi connectivity index (χ4n) is 4.31. The van der Waals surface area contributed by atoms with E-state index >= 15 is 0 Å². The van der Waals surface area contributed by atoms with Crippen molar-refractivity contribution in [1.82, 2.24) is 10.2 Å². The lowest BCUT2D eigenvalue weighted by Crippen LogP contribution is -2.52. The van der Waals surface area contributed by atoms with E-state index in [0.29, 0.717) is 25.3 Å². The minimum atomic E-state index is -0.659. The Morgan fingerprint density at radius 3 is 2.21 bits per heavy atom. The summed E-state index contributed by atoms with van der Waals surface area (Å²) in [5.41, 5.74) is 4.33. The van der Waals surface area contributed by atoms with Gasteiger partial charge in [-0.25, -0.2) is 0 Å². The largest absolute Gasteiger partial charge is 0.484 e. The van der Waals surface area contributed by atoms with E-state index in [1.54, 1.807) is 4.90 Å². The molecule has 3 rings (SSSR count). The van der Waals surface area contributed by atoms with Crippen LogP contribution in [0.4, 0.5) is 0 Å². The molecule has 38 heavy (non-hydrogen) atoms. The average molecular weight is 515 g/mol. The van der Waals surface area contributed by atoms with Crippen molar-refractivity contribution in [3.8, 4) is 5.75 Å². The van der Waals surface area contributed by atoms with Crippen molar-refractivity contribution in [3.05, 3.63) is 101 Å². The first-order valence-corrected chi connectivity index (χ1v) is 13.6. The molecule has 0 fully saturated rings. The highest BCUT2D eigenvalue weighted by Crippen LogP contribution is 2.24. The predicted molar refractivity (Wildman–Crippen MR) is 154 cm³/mol. The maximum absolute atomic E-state index is 13.7. The Bertz CT molecular complexity index is 1170. The molecular weight excluding hydrogens is 472 g/mol. The van der Waals surface area contributed by atoms with E-state index in [-0.39, 0.29) is 23.8 Å². The Balaban J connectivity index is 1.87. The molecule has 0 saturated carbocycles. The van der Waals surface area contributed by atoms with E-state index < -0.39 is 6.04 Å². The maximum atomic E-state index is 13.7. The van der Waals surface area contributed by atoms with Gasteiger partial charge >= 0.3 is 0 Å². The van der Waals surface area contributed by atoms with E-state index in [1.807, 2.05) is 85.8 Å². The summed E-state index contributed by atoms with van der Waals surface area (Å²) in [6.07, 6.45) is 2.30. The van der Waals surface area contributed by atoms with Gasteiger partial charge in [0.15, 0.2) is 6.61 Å². The van der Waals surface area contributed by atoms with Gasteiger partial charge in [0.05, 0.1) is 0 Å². The van der Waals surface area contributed by atoms with Crippen LogP contribution >= 0.6 is 0 Å². The van der Waals surface area contributed by atoms with Gasteiger partial charge in [-0.15, -0.1) is 0 Å². The summed E-state index contributed by atoms with van der Waals surface area (Å²) >= 11 is 0. The minimum absolute atomic E-state index is 0.0362. The average Bonchev–Trinajstić information content (AvgIpc) is 2.90. The molecule has 1 atom stereocenters. The van der Waals surface area contributed by atoms with E-state index in [1.165, 1.54) is 5.56 Å². The molecule has 0 radical (unpaired) electrons. The lowest BCUT2D eigenvalue weighted by atomic mass is 9.87. The number of nitrogens with one attached hydrogen (secondary N) is 1. The van der Waals surface area contributed by atoms with Crippen molar-refractivity contribution in [2.75, 3.05) is 13.2 Å². The zero-order valence-electron chi connectivity index (χ0n) is 23.5. The number of aryl methyl sites for hydroxylation is 1. The molecule has 0 aliphatic heterocycles. The van der Waals surface area contributed by atoms with Gasteiger partial charge < -0.3 is 15.0 Å². The lowest BCUT2D eigenvalue weighted by Gasteiger charge is -2.32. The third-order valence-electron chi connectivity index (χ3n) is 6.79. The number of benzene rings is 3. The van der Waals surface area contributed by atoms with Gasteiger partial charge in [0.1, 0.15) is 11.8 Å². The molecule has 0 unspecified atom stereocenters. The van der Waals surface area contributed by atoms with Crippen LogP contribution in [0.2, 0.25) is 0 Å². The summed E-state index contributed by atoms with van der Waals surface area (Å²) in [4.78, 5) is 28.9. The summed E-state index contributed by atoms with van der Waals surface area (Å²) < 4.78 is 5.94. The van der Waals surface area contributed by atoms with Crippen LogP contribution in [0.25, 0.3) is 0 Å². The Hall–Kier alpha value is -3.60. The molecule has 0 heterocycles. The SMILES string of the molecule is CCCCNC(=O)[C@H](Cc1ccccc1)N(Cc1ccccc1C)C(=O)COc1ccc(C(C)(C)C)cc1. The normalized spacial score (nSPS) is 12.0.